The molecule has 3 nitrogen and oxygen atoms in total. The lowest BCUT2D eigenvalue weighted by molar-refractivity contribution is -0.139. The van der Waals surface area contributed by atoms with Gasteiger partial charge in [0, 0.05) is 10.6 Å². The van der Waals surface area contributed by atoms with Gasteiger partial charge in [-0.2, -0.15) is 13.2 Å². The largest absolute Gasteiger partial charge is 0.482 e. The quantitative estimate of drug-likeness (QED) is 0.373. The molecule has 166 valence electrons. The summed E-state index contributed by atoms with van der Waals surface area (Å²) >= 11 is 1.59. The molecular formula is C25H21F3O3S. The van der Waals surface area contributed by atoms with Crippen LogP contribution < -0.4 is 4.74 Å². The van der Waals surface area contributed by atoms with E-state index in [9.17, 15) is 18.0 Å². The predicted octanol–water partition coefficient (Wildman–Crippen LogP) is 6.48. The molecule has 0 saturated heterocycles. The molecule has 0 aliphatic heterocycles. The molecule has 32 heavy (non-hydrogen) atoms. The molecule has 0 bridgehead atoms. The molecular weight excluding hydrogens is 437 g/mol. The highest BCUT2D eigenvalue weighted by Gasteiger charge is 2.27. The first-order valence-corrected chi connectivity index (χ1v) is 10.8. The van der Waals surface area contributed by atoms with E-state index in [4.69, 9.17) is 9.84 Å². The van der Waals surface area contributed by atoms with Crippen molar-refractivity contribution in [2.45, 2.75) is 17.5 Å². The Balaban J connectivity index is 1.73. The number of benzene rings is 3. The second-order valence-electron chi connectivity index (χ2n) is 6.94. The number of carboxylic acid groups (broad SMARTS) is 1. The Hall–Kier alpha value is -3.19. The third kappa shape index (κ3) is 7.50. The molecule has 7 heteroatoms. The van der Waals surface area contributed by atoms with Crippen molar-refractivity contribution in [3.05, 3.63) is 102 Å². The van der Waals surface area contributed by atoms with Crippen LogP contribution in [0.4, 0.5) is 13.2 Å². The van der Waals surface area contributed by atoms with E-state index in [1.165, 1.54) is 12.1 Å². The number of rotatable bonds is 9. The first-order valence-electron chi connectivity index (χ1n) is 9.79. The SMILES string of the molecule is O=C(O)COc1ccc(SCC=C(c2ccccc2)c2ccc(CC(F)(F)F)cc2)cc1. The lowest BCUT2D eigenvalue weighted by Crippen LogP contribution is -2.11. The average Bonchev–Trinajstić information content (AvgIpc) is 2.76. The van der Waals surface area contributed by atoms with E-state index in [2.05, 4.69) is 0 Å². The topological polar surface area (TPSA) is 46.5 Å². The van der Waals surface area contributed by atoms with Crippen molar-refractivity contribution in [3.63, 3.8) is 0 Å². The third-order valence-electron chi connectivity index (χ3n) is 4.48. The molecule has 3 aromatic carbocycles. The number of aliphatic carboxylic acids is 1. The van der Waals surface area contributed by atoms with Crippen molar-refractivity contribution in [2.24, 2.45) is 0 Å². The fourth-order valence-electron chi connectivity index (χ4n) is 3.05. The molecule has 0 saturated carbocycles. The Morgan fingerprint density at radius 2 is 1.53 bits per heavy atom. The van der Waals surface area contributed by atoms with Gasteiger partial charge >= 0.3 is 12.1 Å². The van der Waals surface area contributed by atoms with E-state index in [-0.39, 0.29) is 5.56 Å². The molecule has 0 fully saturated rings. The maximum Gasteiger partial charge on any atom is 0.393 e. The highest BCUT2D eigenvalue weighted by molar-refractivity contribution is 7.99. The normalized spacial score (nSPS) is 11.9. The van der Waals surface area contributed by atoms with E-state index in [1.807, 2.05) is 48.5 Å². The standard InChI is InChI=1S/C25H21F3O3S/c26-25(27,28)16-18-6-8-20(9-7-18)23(19-4-2-1-3-5-19)14-15-32-22-12-10-21(11-13-22)31-17-24(29)30/h1-14H,15-17H2,(H,29,30). The molecule has 0 radical (unpaired) electrons. The molecule has 0 amide bonds. The maximum atomic E-state index is 12.6. The number of carbonyl (C=O) groups is 1. The number of halogens is 3. The van der Waals surface area contributed by atoms with Crippen LogP contribution in [0.2, 0.25) is 0 Å². The monoisotopic (exact) mass is 458 g/mol. The first kappa shape index (κ1) is 23.5. The van der Waals surface area contributed by atoms with Crippen LogP contribution >= 0.6 is 11.8 Å². The highest BCUT2D eigenvalue weighted by atomic mass is 32.2. The Morgan fingerprint density at radius 1 is 0.906 bits per heavy atom. The van der Waals surface area contributed by atoms with Crippen molar-refractivity contribution in [2.75, 3.05) is 12.4 Å². The summed E-state index contributed by atoms with van der Waals surface area (Å²) < 4.78 is 43.1. The summed E-state index contributed by atoms with van der Waals surface area (Å²) in [4.78, 5) is 11.6. The van der Waals surface area contributed by atoms with Crippen LogP contribution in [0.15, 0.2) is 89.8 Å². The molecule has 0 aliphatic rings. The summed E-state index contributed by atoms with van der Waals surface area (Å²) in [6.07, 6.45) is -3.13. The van der Waals surface area contributed by atoms with Gasteiger partial charge in [0.15, 0.2) is 6.61 Å². The maximum absolute atomic E-state index is 12.6. The Morgan fingerprint density at radius 3 is 2.12 bits per heavy atom. The highest BCUT2D eigenvalue weighted by Crippen LogP contribution is 2.28. The van der Waals surface area contributed by atoms with Gasteiger partial charge in [-0.25, -0.2) is 4.79 Å². The van der Waals surface area contributed by atoms with Gasteiger partial charge in [-0.3, -0.25) is 0 Å². The van der Waals surface area contributed by atoms with Crippen LogP contribution in [-0.4, -0.2) is 29.6 Å². The second-order valence-corrected chi connectivity index (χ2v) is 8.03. The molecule has 3 rings (SSSR count). The van der Waals surface area contributed by atoms with Crippen LogP contribution in [0, 0.1) is 0 Å². The number of hydrogen-bond acceptors (Lipinski definition) is 3. The Kier molecular flexibility index (Phi) is 8.00. The zero-order chi connectivity index (χ0) is 23.0. The van der Waals surface area contributed by atoms with Gasteiger partial charge < -0.3 is 9.84 Å². The van der Waals surface area contributed by atoms with Gasteiger partial charge in [-0.15, -0.1) is 11.8 Å². The zero-order valence-electron chi connectivity index (χ0n) is 17.0. The van der Waals surface area contributed by atoms with Crippen LogP contribution in [0.1, 0.15) is 16.7 Å². The summed E-state index contributed by atoms with van der Waals surface area (Å²) in [6.45, 7) is -0.391. The molecule has 0 atom stereocenters. The van der Waals surface area contributed by atoms with Gasteiger partial charge in [0.05, 0.1) is 6.42 Å². The van der Waals surface area contributed by atoms with E-state index >= 15 is 0 Å². The second kappa shape index (κ2) is 10.9. The number of carboxylic acids is 1. The minimum atomic E-state index is -4.23. The van der Waals surface area contributed by atoms with Crippen molar-refractivity contribution in [3.8, 4) is 5.75 Å². The van der Waals surface area contributed by atoms with Gasteiger partial charge in [0.1, 0.15) is 5.75 Å². The van der Waals surface area contributed by atoms with Crippen molar-refractivity contribution in [1.82, 2.24) is 0 Å². The summed E-state index contributed by atoms with van der Waals surface area (Å²) in [5.74, 6) is 0.0915. The molecule has 0 heterocycles. The molecule has 3 aromatic rings. The number of thioether (sulfide) groups is 1. The van der Waals surface area contributed by atoms with Crippen LogP contribution in [-0.2, 0) is 11.2 Å². The van der Waals surface area contributed by atoms with E-state index in [1.54, 1.807) is 36.0 Å². The van der Waals surface area contributed by atoms with Crippen LogP contribution in [0.3, 0.4) is 0 Å². The molecule has 0 unspecified atom stereocenters. The molecule has 1 N–H and O–H groups in total. The summed E-state index contributed by atoms with van der Waals surface area (Å²) in [6, 6.07) is 23.3. The van der Waals surface area contributed by atoms with Crippen molar-refractivity contribution in [1.29, 1.82) is 0 Å². The van der Waals surface area contributed by atoms with Gasteiger partial charge in [-0.05, 0) is 46.5 Å². The van der Waals surface area contributed by atoms with Crippen LogP contribution in [0.25, 0.3) is 5.57 Å². The van der Waals surface area contributed by atoms with E-state index in [0.717, 1.165) is 21.6 Å². The Labute approximate surface area is 188 Å². The summed E-state index contributed by atoms with van der Waals surface area (Å²) in [5.41, 5.74) is 3.00. The summed E-state index contributed by atoms with van der Waals surface area (Å²) in [7, 11) is 0. The van der Waals surface area contributed by atoms with Crippen LogP contribution in [0.5, 0.6) is 5.75 Å². The molecule has 0 spiro atoms. The first-order chi connectivity index (χ1) is 15.3. The van der Waals surface area contributed by atoms with E-state index < -0.39 is 25.2 Å². The van der Waals surface area contributed by atoms with Crippen molar-refractivity contribution < 1.29 is 27.8 Å². The minimum Gasteiger partial charge on any atom is -0.482 e. The van der Waals surface area contributed by atoms with Gasteiger partial charge in [-0.1, -0.05) is 60.7 Å². The zero-order valence-corrected chi connectivity index (χ0v) is 17.8. The number of alkyl halides is 3. The molecule has 0 aliphatic carbocycles. The molecule has 0 aromatic heterocycles. The smallest absolute Gasteiger partial charge is 0.393 e. The minimum absolute atomic E-state index is 0.230. The fourth-order valence-corrected chi connectivity index (χ4v) is 3.82. The van der Waals surface area contributed by atoms with Crippen molar-refractivity contribution >= 4 is 23.3 Å². The Bertz CT molecular complexity index is 1040. The number of ether oxygens (including phenoxy) is 1. The predicted molar refractivity (Wildman–Crippen MR) is 120 cm³/mol. The lowest BCUT2D eigenvalue weighted by atomic mass is 9.96. The lowest BCUT2D eigenvalue weighted by Gasteiger charge is -2.11. The van der Waals surface area contributed by atoms with Gasteiger partial charge in [0.2, 0.25) is 0 Å². The summed E-state index contributed by atoms with van der Waals surface area (Å²) in [5, 5.41) is 8.66. The average molecular weight is 459 g/mol. The van der Waals surface area contributed by atoms with Gasteiger partial charge in [0.25, 0.3) is 0 Å². The van der Waals surface area contributed by atoms with E-state index in [0.29, 0.717) is 11.5 Å². The number of hydrogen-bond donors (Lipinski definition) is 1. The fraction of sp³-hybridized carbons (Fsp3) is 0.160. The third-order valence-corrected chi connectivity index (χ3v) is 5.42.